The Morgan fingerprint density at radius 3 is 2.48 bits per heavy atom. The number of hydrogen-bond donors (Lipinski definition) is 1. The van der Waals surface area contributed by atoms with Gasteiger partial charge >= 0.3 is 5.97 Å². The fraction of sp³-hybridized carbons (Fsp3) is 0.562. The number of amides is 1. The van der Waals surface area contributed by atoms with Crippen molar-refractivity contribution in [2.75, 3.05) is 6.61 Å². The van der Waals surface area contributed by atoms with Crippen LogP contribution in [-0.2, 0) is 9.53 Å². The fourth-order valence-electron chi connectivity index (χ4n) is 2.86. The van der Waals surface area contributed by atoms with E-state index in [0.717, 1.165) is 19.3 Å². The third-order valence-electron chi connectivity index (χ3n) is 4.57. The average molecular weight is 428 g/mol. The molecule has 0 aliphatic heterocycles. The highest BCUT2D eigenvalue weighted by molar-refractivity contribution is 6.52. The summed E-state index contributed by atoms with van der Waals surface area (Å²) in [7, 11) is 0. The number of nitrogens with zero attached hydrogens (tertiary/aromatic N) is 1. The second-order valence-electron chi connectivity index (χ2n) is 6.21. The second-order valence-corrected chi connectivity index (χ2v) is 7.70. The first-order valence-electron chi connectivity index (χ1n) is 7.88. The van der Waals surface area contributed by atoms with Gasteiger partial charge in [0.2, 0.25) is 0 Å². The molecule has 1 N–H and O–H groups in total. The summed E-state index contributed by atoms with van der Waals surface area (Å²) in [4.78, 5) is 27.9. The van der Waals surface area contributed by atoms with Crippen LogP contribution in [-0.4, -0.2) is 29.5 Å². The zero-order chi connectivity index (χ0) is 18.7. The van der Waals surface area contributed by atoms with Gasteiger partial charge in [0.1, 0.15) is 5.15 Å². The number of pyridine rings is 1. The number of halogens is 4. The Kier molecular flexibility index (Phi) is 7.20. The number of carbonyl (C=O) groups excluding carboxylic acids is 2. The van der Waals surface area contributed by atoms with Crippen molar-refractivity contribution in [2.24, 2.45) is 11.8 Å². The molecule has 1 aliphatic rings. The summed E-state index contributed by atoms with van der Waals surface area (Å²) >= 11 is 23.4. The van der Waals surface area contributed by atoms with Gasteiger partial charge in [0, 0.05) is 6.04 Å². The maximum Gasteiger partial charge on any atom is 0.359 e. The van der Waals surface area contributed by atoms with Gasteiger partial charge in [-0.25, -0.2) is 9.78 Å². The third kappa shape index (κ3) is 4.91. The summed E-state index contributed by atoms with van der Waals surface area (Å²) in [5.74, 6) is -0.353. The Balaban J connectivity index is 1.95. The zero-order valence-electron chi connectivity index (χ0n) is 13.7. The van der Waals surface area contributed by atoms with Crippen LogP contribution in [0.25, 0.3) is 0 Å². The van der Waals surface area contributed by atoms with E-state index in [0.29, 0.717) is 11.8 Å². The molecular formula is C16H18Cl4N2O3. The van der Waals surface area contributed by atoms with Crippen molar-refractivity contribution in [1.82, 2.24) is 10.3 Å². The lowest BCUT2D eigenvalue weighted by Crippen LogP contribution is -2.45. The molecule has 1 aromatic heterocycles. The molecule has 1 saturated carbocycles. The number of carbonyl (C=O) groups is 2. The van der Waals surface area contributed by atoms with E-state index in [9.17, 15) is 9.59 Å². The van der Waals surface area contributed by atoms with Crippen LogP contribution in [0.15, 0.2) is 0 Å². The largest absolute Gasteiger partial charge is 0.451 e. The standard InChI is InChI=1S/C16H18Cl4N2O3/c1-7-4-3-5-9(8(7)2)21-10(23)6-25-16(24)14-12(18)11(17)13(19)15(20)22-14/h7-9H,3-6H2,1-2H3,(H,21,23). The molecule has 0 bridgehead atoms. The van der Waals surface area contributed by atoms with E-state index in [-0.39, 0.29) is 37.9 Å². The van der Waals surface area contributed by atoms with Gasteiger partial charge in [-0.2, -0.15) is 0 Å². The van der Waals surface area contributed by atoms with Crippen molar-refractivity contribution in [3.05, 3.63) is 25.9 Å². The number of esters is 1. The van der Waals surface area contributed by atoms with Gasteiger partial charge in [-0.3, -0.25) is 4.79 Å². The monoisotopic (exact) mass is 426 g/mol. The quantitative estimate of drug-likeness (QED) is 0.553. The maximum absolute atomic E-state index is 12.1. The van der Waals surface area contributed by atoms with E-state index in [1.807, 2.05) is 0 Å². The van der Waals surface area contributed by atoms with Crippen LogP contribution in [0.1, 0.15) is 43.6 Å². The lowest BCUT2D eigenvalue weighted by Gasteiger charge is -2.34. The van der Waals surface area contributed by atoms with Crippen molar-refractivity contribution in [3.63, 3.8) is 0 Å². The molecule has 0 saturated heterocycles. The summed E-state index contributed by atoms with van der Waals surface area (Å²) in [5, 5.41) is 2.42. The predicted octanol–water partition coefficient (Wildman–Crippen LogP) is 4.79. The molecule has 1 aromatic rings. The van der Waals surface area contributed by atoms with Gasteiger partial charge in [0.25, 0.3) is 5.91 Å². The van der Waals surface area contributed by atoms with Crippen molar-refractivity contribution < 1.29 is 14.3 Å². The number of aromatic nitrogens is 1. The molecule has 1 aliphatic carbocycles. The predicted molar refractivity (Wildman–Crippen MR) is 98.7 cm³/mol. The highest BCUT2D eigenvalue weighted by Gasteiger charge is 2.28. The highest BCUT2D eigenvalue weighted by atomic mass is 35.5. The topological polar surface area (TPSA) is 68.3 Å². The number of ether oxygens (including phenoxy) is 1. The minimum atomic E-state index is -0.898. The number of nitrogens with one attached hydrogen (secondary N) is 1. The van der Waals surface area contributed by atoms with E-state index in [4.69, 9.17) is 51.1 Å². The van der Waals surface area contributed by atoms with Crippen LogP contribution in [0.5, 0.6) is 0 Å². The minimum Gasteiger partial charge on any atom is -0.451 e. The molecule has 3 atom stereocenters. The highest BCUT2D eigenvalue weighted by Crippen LogP contribution is 2.36. The molecule has 1 amide bonds. The first-order chi connectivity index (χ1) is 11.7. The molecule has 3 unspecified atom stereocenters. The van der Waals surface area contributed by atoms with Crippen LogP contribution < -0.4 is 5.32 Å². The SMILES string of the molecule is CC1CCCC(NC(=O)COC(=O)c2nc(Cl)c(Cl)c(Cl)c2Cl)C1C. The molecule has 0 spiro atoms. The smallest absolute Gasteiger partial charge is 0.359 e. The molecule has 25 heavy (non-hydrogen) atoms. The maximum atomic E-state index is 12.1. The molecular weight excluding hydrogens is 410 g/mol. The van der Waals surface area contributed by atoms with Crippen molar-refractivity contribution in [1.29, 1.82) is 0 Å². The van der Waals surface area contributed by atoms with E-state index >= 15 is 0 Å². The van der Waals surface area contributed by atoms with Gasteiger partial charge in [-0.1, -0.05) is 73.1 Å². The van der Waals surface area contributed by atoms with E-state index in [1.54, 1.807) is 0 Å². The molecule has 0 aromatic carbocycles. The van der Waals surface area contributed by atoms with Gasteiger partial charge in [0.15, 0.2) is 12.3 Å². The Morgan fingerprint density at radius 2 is 1.80 bits per heavy atom. The molecule has 5 nitrogen and oxygen atoms in total. The molecule has 1 heterocycles. The normalized spacial score (nSPS) is 23.2. The Hall–Kier alpha value is -0.750. The average Bonchev–Trinajstić information content (AvgIpc) is 2.58. The van der Waals surface area contributed by atoms with E-state index in [1.165, 1.54) is 0 Å². The molecule has 138 valence electrons. The van der Waals surface area contributed by atoms with Crippen LogP contribution in [0, 0.1) is 11.8 Å². The van der Waals surface area contributed by atoms with Crippen LogP contribution >= 0.6 is 46.4 Å². The summed E-state index contributed by atoms with van der Waals surface area (Å²) in [5.41, 5.74) is -0.284. The summed E-state index contributed by atoms with van der Waals surface area (Å²) < 4.78 is 4.97. The Bertz CT molecular complexity index is 684. The van der Waals surface area contributed by atoms with Gasteiger partial charge in [-0.05, 0) is 18.3 Å². The number of rotatable bonds is 4. The summed E-state index contributed by atoms with van der Waals surface area (Å²) in [6.45, 7) is 3.85. The van der Waals surface area contributed by atoms with E-state index < -0.39 is 12.6 Å². The number of hydrogen-bond acceptors (Lipinski definition) is 4. The van der Waals surface area contributed by atoms with Crippen molar-refractivity contribution in [3.8, 4) is 0 Å². The molecule has 2 rings (SSSR count). The lowest BCUT2D eigenvalue weighted by molar-refractivity contribution is -0.125. The first kappa shape index (κ1) is 20.6. The van der Waals surface area contributed by atoms with Crippen LogP contribution in [0.4, 0.5) is 0 Å². The van der Waals surface area contributed by atoms with Crippen LogP contribution in [0.3, 0.4) is 0 Å². The van der Waals surface area contributed by atoms with Gasteiger partial charge in [0.05, 0.1) is 15.1 Å². The summed E-state index contributed by atoms with van der Waals surface area (Å²) in [6.07, 6.45) is 3.14. The lowest BCUT2D eigenvalue weighted by atomic mass is 9.78. The second kappa shape index (κ2) is 8.76. The van der Waals surface area contributed by atoms with Gasteiger partial charge in [-0.15, -0.1) is 0 Å². The molecule has 1 fully saturated rings. The zero-order valence-corrected chi connectivity index (χ0v) is 16.8. The van der Waals surface area contributed by atoms with E-state index in [2.05, 4.69) is 24.1 Å². The third-order valence-corrected chi connectivity index (χ3v) is 6.24. The van der Waals surface area contributed by atoms with Crippen molar-refractivity contribution >= 4 is 58.3 Å². The fourth-order valence-corrected chi connectivity index (χ4v) is 3.66. The Labute approximate surface area is 166 Å². The first-order valence-corrected chi connectivity index (χ1v) is 9.40. The van der Waals surface area contributed by atoms with Crippen LogP contribution in [0.2, 0.25) is 20.2 Å². The molecule has 9 heteroatoms. The summed E-state index contributed by atoms with van der Waals surface area (Å²) in [6, 6.07) is 0.0797. The molecule has 0 radical (unpaired) electrons. The van der Waals surface area contributed by atoms with Gasteiger partial charge < -0.3 is 10.1 Å². The Morgan fingerprint density at radius 1 is 1.12 bits per heavy atom. The van der Waals surface area contributed by atoms with Crippen molar-refractivity contribution in [2.45, 2.75) is 39.2 Å². The minimum absolute atomic E-state index is 0.0527.